The first kappa shape index (κ1) is 21.5. The summed E-state index contributed by atoms with van der Waals surface area (Å²) in [6, 6.07) is 9.24. The molecule has 0 saturated heterocycles. The molecule has 11 heteroatoms. The third-order valence-corrected chi connectivity index (χ3v) is 5.86. The summed E-state index contributed by atoms with van der Waals surface area (Å²) in [5, 5.41) is 6.97. The average molecular weight is 459 g/mol. The largest absolute Gasteiger partial charge is 0.433 e. The van der Waals surface area contributed by atoms with Crippen molar-refractivity contribution in [2.75, 3.05) is 5.32 Å². The SMILES string of the molecule is Cc1nn(C)cc1C(=O)Nc1c(C(N)=O)sc2nc(C(F)(F)F)cc(-c3ccccc3)c12. The Morgan fingerprint density at radius 1 is 1.19 bits per heavy atom. The number of hydrogen-bond donors (Lipinski definition) is 2. The predicted molar refractivity (Wildman–Crippen MR) is 114 cm³/mol. The number of aryl methyl sites for hydroxylation is 2. The molecule has 0 saturated carbocycles. The van der Waals surface area contributed by atoms with Crippen LogP contribution in [-0.4, -0.2) is 26.6 Å². The molecule has 3 heterocycles. The molecule has 1 aromatic carbocycles. The number of nitrogens with two attached hydrogens (primary N) is 1. The molecule has 0 bridgehead atoms. The number of thiophene rings is 1. The second-order valence-corrected chi connectivity index (χ2v) is 8.02. The van der Waals surface area contributed by atoms with Crippen LogP contribution in [-0.2, 0) is 13.2 Å². The minimum atomic E-state index is -4.70. The quantitative estimate of drug-likeness (QED) is 0.473. The number of nitrogens with zero attached hydrogens (tertiary/aromatic N) is 3. The molecular formula is C21H16F3N5O2S. The van der Waals surface area contributed by atoms with Crippen molar-refractivity contribution in [2.45, 2.75) is 13.1 Å². The van der Waals surface area contributed by atoms with Gasteiger partial charge in [0.2, 0.25) is 0 Å². The molecule has 3 N–H and O–H groups in total. The minimum absolute atomic E-state index is 0.0193. The maximum Gasteiger partial charge on any atom is 0.433 e. The van der Waals surface area contributed by atoms with E-state index in [1.165, 1.54) is 10.9 Å². The summed E-state index contributed by atoms with van der Waals surface area (Å²) in [5.41, 5.74) is 5.74. The lowest BCUT2D eigenvalue weighted by Crippen LogP contribution is -2.17. The molecule has 4 rings (SSSR count). The van der Waals surface area contributed by atoms with Gasteiger partial charge in [-0.25, -0.2) is 4.98 Å². The van der Waals surface area contributed by atoms with Crippen molar-refractivity contribution in [3.8, 4) is 11.1 Å². The lowest BCUT2D eigenvalue weighted by molar-refractivity contribution is -0.140. The van der Waals surface area contributed by atoms with E-state index in [0.717, 1.165) is 6.07 Å². The van der Waals surface area contributed by atoms with E-state index in [4.69, 9.17) is 5.73 Å². The van der Waals surface area contributed by atoms with Crippen molar-refractivity contribution in [3.05, 3.63) is 64.4 Å². The number of anilines is 1. The molecule has 32 heavy (non-hydrogen) atoms. The van der Waals surface area contributed by atoms with Crippen LogP contribution in [0, 0.1) is 6.92 Å². The van der Waals surface area contributed by atoms with E-state index >= 15 is 0 Å². The Morgan fingerprint density at radius 2 is 1.88 bits per heavy atom. The maximum absolute atomic E-state index is 13.5. The number of carbonyl (C=O) groups is 2. The van der Waals surface area contributed by atoms with Crippen LogP contribution in [0.5, 0.6) is 0 Å². The molecule has 0 atom stereocenters. The van der Waals surface area contributed by atoms with Crippen LogP contribution in [0.2, 0.25) is 0 Å². The number of fused-ring (bicyclic) bond motifs is 1. The van der Waals surface area contributed by atoms with E-state index < -0.39 is 23.7 Å². The number of benzene rings is 1. The Kier molecular flexibility index (Phi) is 5.21. The smallest absolute Gasteiger partial charge is 0.365 e. The highest BCUT2D eigenvalue weighted by Crippen LogP contribution is 2.43. The second kappa shape index (κ2) is 7.75. The molecule has 0 unspecified atom stereocenters. The van der Waals surface area contributed by atoms with Gasteiger partial charge in [-0.15, -0.1) is 11.3 Å². The van der Waals surface area contributed by atoms with Gasteiger partial charge >= 0.3 is 6.18 Å². The van der Waals surface area contributed by atoms with E-state index in [1.807, 2.05) is 0 Å². The van der Waals surface area contributed by atoms with Crippen molar-refractivity contribution in [2.24, 2.45) is 12.8 Å². The molecule has 7 nitrogen and oxygen atoms in total. The zero-order valence-electron chi connectivity index (χ0n) is 16.8. The van der Waals surface area contributed by atoms with Gasteiger partial charge in [0.15, 0.2) is 0 Å². The van der Waals surface area contributed by atoms with Gasteiger partial charge < -0.3 is 11.1 Å². The third-order valence-electron chi connectivity index (χ3n) is 4.76. The molecule has 0 aliphatic rings. The molecule has 0 radical (unpaired) electrons. The first-order valence-electron chi connectivity index (χ1n) is 9.28. The number of aromatic nitrogens is 3. The summed E-state index contributed by atoms with van der Waals surface area (Å²) >= 11 is 0.696. The number of carbonyl (C=O) groups excluding carboxylic acids is 2. The first-order valence-corrected chi connectivity index (χ1v) is 10.1. The van der Waals surface area contributed by atoms with Crippen molar-refractivity contribution < 1.29 is 22.8 Å². The number of alkyl halides is 3. The minimum Gasteiger partial charge on any atom is -0.365 e. The van der Waals surface area contributed by atoms with Crippen LogP contribution in [0.25, 0.3) is 21.3 Å². The summed E-state index contributed by atoms with van der Waals surface area (Å²) in [4.78, 5) is 28.6. The number of primary amides is 1. The molecule has 0 aliphatic carbocycles. The number of hydrogen-bond acceptors (Lipinski definition) is 5. The first-order chi connectivity index (χ1) is 15.1. The highest BCUT2D eigenvalue weighted by Gasteiger charge is 2.35. The maximum atomic E-state index is 13.5. The number of halogens is 3. The predicted octanol–water partition coefficient (Wildman–Crippen LogP) is 4.38. The summed E-state index contributed by atoms with van der Waals surface area (Å²) in [5.74, 6) is -1.46. The van der Waals surface area contributed by atoms with Crippen LogP contribution in [0.3, 0.4) is 0 Å². The second-order valence-electron chi connectivity index (χ2n) is 7.03. The van der Waals surface area contributed by atoms with Crippen molar-refractivity contribution in [1.82, 2.24) is 14.8 Å². The van der Waals surface area contributed by atoms with Gasteiger partial charge in [0, 0.05) is 18.6 Å². The number of amides is 2. The molecule has 164 valence electrons. The fraction of sp³-hybridized carbons (Fsp3) is 0.143. The molecule has 0 fully saturated rings. The lowest BCUT2D eigenvalue weighted by atomic mass is 10.0. The summed E-state index contributed by atoms with van der Waals surface area (Å²) < 4.78 is 42.0. The number of pyridine rings is 1. The van der Waals surface area contributed by atoms with E-state index in [-0.39, 0.29) is 31.9 Å². The van der Waals surface area contributed by atoms with E-state index in [0.29, 0.717) is 22.6 Å². The van der Waals surface area contributed by atoms with E-state index in [9.17, 15) is 22.8 Å². The van der Waals surface area contributed by atoms with Crippen LogP contribution >= 0.6 is 11.3 Å². The van der Waals surface area contributed by atoms with Gasteiger partial charge in [0.05, 0.1) is 16.9 Å². The van der Waals surface area contributed by atoms with Gasteiger partial charge in [-0.1, -0.05) is 30.3 Å². The van der Waals surface area contributed by atoms with Crippen molar-refractivity contribution in [3.63, 3.8) is 0 Å². The molecule has 2 amide bonds. The van der Waals surface area contributed by atoms with Crippen LogP contribution in [0.15, 0.2) is 42.6 Å². The fourth-order valence-electron chi connectivity index (χ4n) is 3.39. The number of nitrogens with one attached hydrogen (secondary N) is 1. The molecule has 0 spiro atoms. The fourth-order valence-corrected chi connectivity index (χ4v) is 4.39. The average Bonchev–Trinajstić information content (AvgIpc) is 3.26. The van der Waals surface area contributed by atoms with E-state index in [1.54, 1.807) is 44.3 Å². The van der Waals surface area contributed by atoms with Crippen molar-refractivity contribution in [1.29, 1.82) is 0 Å². The summed E-state index contributed by atoms with van der Waals surface area (Å²) in [7, 11) is 1.65. The normalized spacial score (nSPS) is 11.7. The van der Waals surface area contributed by atoms with Gasteiger partial charge in [-0.3, -0.25) is 14.3 Å². The van der Waals surface area contributed by atoms with Gasteiger partial charge in [0.25, 0.3) is 11.8 Å². The summed E-state index contributed by atoms with van der Waals surface area (Å²) in [6.07, 6.45) is -3.20. The highest BCUT2D eigenvalue weighted by molar-refractivity contribution is 7.21. The Morgan fingerprint density at radius 3 is 2.44 bits per heavy atom. The van der Waals surface area contributed by atoms with Crippen LogP contribution in [0.1, 0.15) is 31.4 Å². The van der Waals surface area contributed by atoms with Gasteiger partial charge in [0.1, 0.15) is 15.4 Å². The number of rotatable bonds is 4. The van der Waals surface area contributed by atoms with Gasteiger partial charge in [-0.2, -0.15) is 18.3 Å². The molecule has 3 aromatic heterocycles. The zero-order valence-corrected chi connectivity index (χ0v) is 17.6. The van der Waals surface area contributed by atoms with Crippen LogP contribution in [0.4, 0.5) is 18.9 Å². The monoisotopic (exact) mass is 459 g/mol. The standard InChI is InChI=1S/C21H16F3N5O2S/c1-10-13(9-29(2)28-10)19(31)27-16-15-12(11-6-4-3-5-7-11)8-14(21(22,23)24)26-20(15)32-17(16)18(25)30/h3-9H,1-2H3,(H2,25,30)(H,27,31). The van der Waals surface area contributed by atoms with Gasteiger partial charge in [-0.05, 0) is 24.1 Å². The Bertz CT molecular complexity index is 1360. The topological polar surface area (TPSA) is 103 Å². The third kappa shape index (κ3) is 3.82. The molecule has 0 aliphatic heterocycles. The van der Waals surface area contributed by atoms with Crippen LogP contribution < -0.4 is 11.1 Å². The lowest BCUT2D eigenvalue weighted by Gasteiger charge is -2.12. The highest BCUT2D eigenvalue weighted by atomic mass is 32.1. The Labute approximate surface area is 183 Å². The molecule has 4 aromatic rings. The van der Waals surface area contributed by atoms with E-state index in [2.05, 4.69) is 15.4 Å². The summed E-state index contributed by atoms with van der Waals surface area (Å²) in [6.45, 7) is 1.64. The Hall–Kier alpha value is -3.73. The molecular weight excluding hydrogens is 443 g/mol. The van der Waals surface area contributed by atoms with Crippen molar-refractivity contribution >= 4 is 39.1 Å². The Balaban J connectivity index is 1.99. The zero-order chi connectivity index (χ0) is 23.2.